The van der Waals surface area contributed by atoms with Gasteiger partial charge >= 0.3 is 0 Å². The van der Waals surface area contributed by atoms with Gasteiger partial charge in [0.2, 0.25) is 0 Å². The first-order chi connectivity index (χ1) is 7.36. The first-order valence-corrected chi connectivity index (χ1v) is 8.34. The molecule has 0 aromatic rings. The monoisotopic (exact) mass is 245 g/mol. The zero-order chi connectivity index (χ0) is 10.5. The van der Waals surface area contributed by atoms with Gasteiger partial charge in [-0.2, -0.15) is 0 Å². The van der Waals surface area contributed by atoms with Gasteiger partial charge in [-0.1, -0.05) is 28.0 Å². The van der Waals surface area contributed by atoms with E-state index in [-0.39, 0.29) is 0 Å². The Bertz CT molecular complexity index is 215. The van der Waals surface area contributed by atoms with Crippen molar-refractivity contribution in [1.29, 1.82) is 0 Å². The molecule has 1 atom stereocenters. The summed E-state index contributed by atoms with van der Waals surface area (Å²) in [7, 11) is 3.94. The summed E-state index contributed by atoms with van der Waals surface area (Å²) in [6.07, 6.45) is 4.35. The Balaban J connectivity index is 1.80. The van der Waals surface area contributed by atoms with Crippen LogP contribution in [0.3, 0.4) is 0 Å². The van der Waals surface area contributed by atoms with E-state index in [2.05, 4.69) is 4.90 Å². The third-order valence-corrected chi connectivity index (χ3v) is 5.59. The topological polar surface area (TPSA) is 20.3 Å². The molecule has 1 aliphatic heterocycles. The van der Waals surface area contributed by atoms with Crippen LogP contribution in [0.1, 0.15) is 25.7 Å². The summed E-state index contributed by atoms with van der Waals surface area (Å²) in [5.74, 6) is 3.30. The van der Waals surface area contributed by atoms with Crippen LogP contribution in [0, 0.1) is 5.92 Å². The smallest absolute Gasteiger partial charge is 0.137 e. The van der Waals surface area contributed by atoms with Crippen molar-refractivity contribution in [2.45, 2.75) is 25.7 Å². The second-order valence-corrected chi connectivity index (χ2v) is 7.06. The molecular weight excluding hydrogens is 226 g/mol. The molecule has 4 heteroatoms. The molecular formula is C11H19NOS2. The van der Waals surface area contributed by atoms with Crippen molar-refractivity contribution in [3.05, 3.63) is 0 Å². The molecule has 1 aliphatic carbocycles. The highest BCUT2D eigenvalue weighted by Gasteiger charge is 2.24. The molecule has 0 N–H and O–H groups in total. The van der Waals surface area contributed by atoms with Crippen LogP contribution in [0.15, 0.2) is 0 Å². The SMILES string of the molecule is O=C1CCCCC1CN1CCSSCC1. The van der Waals surface area contributed by atoms with Gasteiger partial charge in [0.25, 0.3) is 0 Å². The second kappa shape index (κ2) is 6.16. The summed E-state index contributed by atoms with van der Waals surface area (Å²) in [5.41, 5.74) is 0. The number of hydrogen-bond acceptors (Lipinski definition) is 4. The molecule has 2 nitrogen and oxygen atoms in total. The van der Waals surface area contributed by atoms with Gasteiger partial charge in [0.05, 0.1) is 0 Å². The lowest BCUT2D eigenvalue weighted by Crippen LogP contribution is -2.36. The predicted octanol–water partition coefficient (Wildman–Crippen LogP) is 2.44. The summed E-state index contributed by atoms with van der Waals surface area (Å²) in [4.78, 5) is 14.2. The molecule has 0 bridgehead atoms. The maximum Gasteiger partial charge on any atom is 0.137 e. The quantitative estimate of drug-likeness (QED) is 0.696. The largest absolute Gasteiger partial charge is 0.301 e. The summed E-state index contributed by atoms with van der Waals surface area (Å²) < 4.78 is 0. The van der Waals surface area contributed by atoms with E-state index in [0.29, 0.717) is 11.7 Å². The lowest BCUT2D eigenvalue weighted by molar-refractivity contribution is -0.125. The van der Waals surface area contributed by atoms with Gasteiger partial charge in [-0.15, -0.1) is 0 Å². The van der Waals surface area contributed by atoms with E-state index in [1.807, 2.05) is 21.6 Å². The van der Waals surface area contributed by atoms with Gasteiger partial charge in [-0.3, -0.25) is 4.79 Å². The Labute approximate surface area is 99.9 Å². The summed E-state index contributed by atoms with van der Waals surface area (Å²) >= 11 is 0. The standard InChI is InChI=1S/C11H19NOS2/c13-11-4-2-1-3-10(11)9-12-5-7-14-15-8-6-12/h10H,1-9H2. The average molecular weight is 245 g/mol. The molecule has 1 saturated carbocycles. The van der Waals surface area contributed by atoms with Gasteiger partial charge in [0.15, 0.2) is 0 Å². The minimum absolute atomic E-state index is 0.354. The van der Waals surface area contributed by atoms with E-state index < -0.39 is 0 Å². The number of nitrogens with zero attached hydrogens (tertiary/aromatic N) is 1. The Morgan fingerprint density at radius 2 is 1.93 bits per heavy atom. The Morgan fingerprint density at radius 1 is 1.20 bits per heavy atom. The molecule has 1 heterocycles. The van der Waals surface area contributed by atoms with Crippen molar-refractivity contribution in [3.8, 4) is 0 Å². The van der Waals surface area contributed by atoms with Crippen LogP contribution in [0.5, 0.6) is 0 Å². The van der Waals surface area contributed by atoms with Crippen molar-refractivity contribution in [2.24, 2.45) is 5.92 Å². The van der Waals surface area contributed by atoms with Crippen LogP contribution in [0.4, 0.5) is 0 Å². The number of hydrogen-bond donors (Lipinski definition) is 0. The molecule has 2 rings (SSSR count). The lowest BCUT2D eigenvalue weighted by Gasteiger charge is -2.27. The molecule has 0 aromatic heterocycles. The molecule has 86 valence electrons. The van der Waals surface area contributed by atoms with Gasteiger partial charge in [-0.05, 0) is 12.8 Å². The van der Waals surface area contributed by atoms with E-state index in [9.17, 15) is 4.79 Å². The summed E-state index contributed by atoms with van der Waals surface area (Å²) in [6.45, 7) is 3.36. The lowest BCUT2D eigenvalue weighted by atomic mass is 9.87. The number of Topliss-reactive ketones (excluding diaryl/α,β-unsaturated/α-hetero) is 1. The molecule has 0 amide bonds. The zero-order valence-electron chi connectivity index (χ0n) is 9.11. The Kier molecular flexibility index (Phi) is 4.85. The van der Waals surface area contributed by atoms with Gasteiger partial charge < -0.3 is 4.90 Å². The molecule has 0 radical (unpaired) electrons. The number of carbonyl (C=O) groups excluding carboxylic acids is 1. The minimum Gasteiger partial charge on any atom is -0.301 e. The molecule has 0 aromatic carbocycles. The average Bonchev–Trinajstić information content (AvgIpc) is 2.50. The fourth-order valence-corrected chi connectivity index (χ4v) is 4.36. The van der Waals surface area contributed by atoms with E-state index in [1.54, 1.807) is 0 Å². The molecule has 1 unspecified atom stereocenters. The van der Waals surface area contributed by atoms with Crippen LogP contribution in [-0.2, 0) is 4.79 Å². The van der Waals surface area contributed by atoms with Crippen molar-refractivity contribution in [2.75, 3.05) is 31.1 Å². The maximum absolute atomic E-state index is 11.7. The normalized spacial score (nSPS) is 30.1. The van der Waals surface area contributed by atoms with Crippen LogP contribution in [0.25, 0.3) is 0 Å². The number of ketones is 1. The van der Waals surface area contributed by atoms with Crippen molar-refractivity contribution in [3.63, 3.8) is 0 Å². The molecule has 0 spiro atoms. The Morgan fingerprint density at radius 3 is 2.60 bits per heavy atom. The van der Waals surface area contributed by atoms with Crippen LogP contribution >= 0.6 is 21.6 Å². The first-order valence-electron chi connectivity index (χ1n) is 5.86. The predicted molar refractivity (Wildman–Crippen MR) is 68.3 cm³/mol. The minimum atomic E-state index is 0.354. The van der Waals surface area contributed by atoms with Crippen molar-refractivity contribution < 1.29 is 4.79 Å². The highest BCUT2D eigenvalue weighted by Crippen LogP contribution is 2.26. The number of carbonyl (C=O) groups is 1. The highest BCUT2D eigenvalue weighted by atomic mass is 33.1. The molecule has 2 fully saturated rings. The van der Waals surface area contributed by atoms with Crippen molar-refractivity contribution >= 4 is 27.4 Å². The van der Waals surface area contributed by atoms with E-state index in [4.69, 9.17) is 0 Å². The maximum atomic E-state index is 11.7. The third-order valence-electron chi connectivity index (χ3n) is 3.22. The fourth-order valence-electron chi connectivity index (χ4n) is 2.30. The third kappa shape index (κ3) is 3.68. The second-order valence-electron chi connectivity index (χ2n) is 4.35. The Hall–Kier alpha value is 0.330. The van der Waals surface area contributed by atoms with E-state index in [0.717, 1.165) is 25.8 Å². The van der Waals surface area contributed by atoms with Gasteiger partial charge in [0, 0.05) is 43.5 Å². The van der Waals surface area contributed by atoms with Crippen molar-refractivity contribution in [1.82, 2.24) is 4.90 Å². The fraction of sp³-hybridized carbons (Fsp3) is 0.909. The van der Waals surface area contributed by atoms with E-state index in [1.165, 1.54) is 31.0 Å². The van der Waals surface area contributed by atoms with Gasteiger partial charge in [0.1, 0.15) is 5.78 Å². The zero-order valence-corrected chi connectivity index (χ0v) is 10.7. The number of rotatable bonds is 2. The van der Waals surface area contributed by atoms with Crippen LogP contribution in [-0.4, -0.2) is 41.8 Å². The highest BCUT2D eigenvalue weighted by molar-refractivity contribution is 8.76. The van der Waals surface area contributed by atoms with E-state index >= 15 is 0 Å². The summed E-state index contributed by atoms with van der Waals surface area (Å²) in [5, 5.41) is 0. The van der Waals surface area contributed by atoms with Crippen LogP contribution in [0.2, 0.25) is 0 Å². The first kappa shape index (κ1) is 11.8. The summed E-state index contributed by atoms with van der Waals surface area (Å²) in [6, 6.07) is 0. The van der Waals surface area contributed by atoms with Crippen LogP contribution < -0.4 is 0 Å². The molecule has 1 saturated heterocycles. The van der Waals surface area contributed by atoms with Gasteiger partial charge in [-0.25, -0.2) is 0 Å². The molecule has 2 aliphatic rings. The molecule has 15 heavy (non-hydrogen) atoms.